The largest absolute Gasteiger partial charge is 0.524 e. The molecule has 0 saturated carbocycles. The summed E-state index contributed by atoms with van der Waals surface area (Å²) in [4.78, 5) is 87.3. The van der Waals surface area contributed by atoms with Crippen molar-refractivity contribution in [1.82, 2.24) is 0 Å². The Hall–Kier alpha value is -2.36. The standard InChI is InChI=1S/C8H9O4P.C7H13O5P.C6H11O6P.C2H6O3P/c1-7(12-13(9,10)11)8-5-3-2-4-6-8;1-6(2)7(8)11-4-5-12-13(3,9)10;1-5(2)6(7)11-3-4-12-13(8,9)10;1-2-6(3,4)5/h2-6H,1H2,(H2,9,10,11);1,4-5H2,2-3H3,(H,9,10);1,3-4H2,2H3,(H2,8,9,10);2-5H,1H2/q;;;+1. The average molecular weight is 727 g/mol. The molecule has 0 aliphatic heterocycles. The van der Waals surface area contributed by atoms with E-state index < -0.39 is 43.1 Å². The Kier molecular flexibility index (Phi) is 24.1. The van der Waals surface area contributed by atoms with Crippen LogP contribution in [0.5, 0.6) is 0 Å². The Morgan fingerprint density at radius 1 is 0.756 bits per heavy atom. The van der Waals surface area contributed by atoms with E-state index >= 15 is 0 Å². The van der Waals surface area contributed by atoms with E-state index in [2.05, 4.69) is 49.4 Å². The average Bonchev–Trinajstić information content (AvgIpc) is 2.88. The van der Waals surface area contributed by atoms with Gasteiger partial charge in [-0.15, -0.1) is 0 Å². The summed E-state index contributed by atoms with van der Waals surface area (Å²) < 4.78 is 53.0. The van der Waals surface area contributed by atoms with E-state index in [1.165, 1.54) is 13.8 Å². The Morgan fingerprint density at radius 3 is 1.42 bits per heavy atom. The van der Waals surface area contributed by atoms with Crippen molar-refractivity contribution >= 4 is 48.9 Å². The highest BCUT2D eigenvalue weighted by atomic mass is 31.2. The van der Waals surface area contributed by atoms with E-state index in [0.29, 0.717) is 11.4 Å². The predicted octanol–water partition coefficient (Wildman–Crippen LogP) is 2.79. The van der Waals surface area contributed by atoms with Gasteiger partial charge in [0.2, 0.25) is 0 Å². The summed E-state index contributed by atoms with van der Waals surface area (Å²) in [7, 11) is -16.0. The van der Waals surface area contributed by atoms with Gasteiger partial charge in [0.25, 0.3) is 0 Å². The van der Waals surface area contributed by atoms with Crippen LogP contribution in [0, 0.1) is 0 Å². The molecule has 1 atom stereocenters. The zero-order chi connectivity index (χ0) is 36.1. The molecule has 0 amide bonds. The number of benzene rings is 1. The second-order valence-electron chi connectivity index (χ2n) is 7.96. The van der Waals surface area contributed by atoms with Gasteiger partial charge in [-0.05, 0) is 13.8 Å². The fourth-order valence-corrected chi connectivity index (χ4v) is 2.82. The number of carbonyl (C=O) groups is 2. The molecule has 18 nitrogen and oxygen atoms in total. The number of carbonyl (C=O) groups excluding carboxylic acids is 2. The molecule has 45 heavy (non-hydrogen) atoms. The molecular formula is C23H39O18P4+. The van der Waals surface area contributed by atoms with Crippen LogP contribution in [0.1, 0.15) is 19.4 Å². The fraction of sp³-hybridized carbons (Fsp3) is 0.304. The highest BCUT2D eigenvalue weighted by molar-refractivity contribution is 7.61. The van der Waals surface area contributed by atoms with E-state index in [9.17, 15) is 23.3 Å². The molecule has 0 fully saturated rings. The van der Waals surface area contributed by atoms with Crippen molar-refractivity contribution in [3.8, 4) is 0 Å². The maximum Gasteiger partial charge on any atom is 0.524 e. The summed E-state index contributed by atoms with van der Waals surface area (Å²) in [6.45, 7) is 16.3. The maximum atomic E-state index is 10.8. The first kappa shape index (κ1) is 47.1. The van der Waals surface area contributed by atoms with E-state index in [4.69, 9.17) is 39.1 Å². The van der Waals surface area contributed by atoms with Gasteiger partial charge in [0.05, 0.1) is 13.2 Å². The molecule has 1 unspecified atom stereocenters. The number of esters is 2. The summed E-state index contributed by atoms with van der Waals surface area (Å²) in [6.07, 6.45) is 0. The fourth-order valence-electron chi connectivity index (χ4n) is 1.70. The quantitative estimate of drug-likeness (QED) is 0.0449. The van der Waals surface area contributed by atoms with Crippen molar-refractivity contribution < 1.29 is 85.5 Å². The zero-order valence-electron chi connectivity index (χ0n) is 24.6. The number of hydrogen-bond donors (Lipinski definition) is 8. The van der Waals surface area contributed by atoms with Crippen molar-refractivity contribution in [1.29, 1.82) is 0 Å². The van der Waals surface area contributed by atoms with Crippen LogP contribution >= 0.6 is 31.2 Å². The predicted molar refractivity (Wildman–Crippen MR) is 164 cm³/mol. The second kappa shape index (κ2) is 23.0. The first-order valence-corrected chi connectivity index (χ1v) is 18.5. The first-order chi connectivity index (χ1) is 20.2. The smallest absolute Gasteiger partial charge is 0.460 e. The summed E-state index contributed by atoms with van der Waals surface area (Å²) in [5.41, 5.74) is 1.05. The van der Waals surface area contributed by atoms with Gasteiger partial charge in [0.15, 0.2) is 0 Å². The SMILES string of the molecule is C=C(C)C(=O)OCCOP(=O)(O)O.C=C(C)C(=O)OCCOP(C)(=O)O.C=C(OP(=O)(O)O)c1ccccc1.C=C[P+](O)(O)O. The Morgan fingerprint density at radius 2 is 1.13 bits per heavy atom. The van der Waals surface area contributed by atoms with Crippen LogP contribution in [0.25, 0.3) is 5.76 Å². The summed E-state index contributed by atoms with van der Waals surface area (Å²) in [5, 5.41) is 0. The molecule has 0 aromatic heterocycles. The lowest BCUT2D eigenvalue weighted by Crippen LogP contribution is -2.10. The molecule has 8 N–H and O–H groups in total. The number of phosphoric acid groups is 2. The monoisotopic (exact) mass is 727 g/mol. The minimum Gasteiger partial charge on any atom is -0.460 e. The van der Waals surface area contributed by atoms with Crippen molar-refractivity contribution in [2.75, 3.05) is 33.1 Å². The van der Waals surface area contributed by atoms with Crippen molar-refractivity contribution in [2.45, 2.75) is 13.8 Å². The number of rotatable bonds is 14. The first-order valence-electron chi connectivity index (χ1n) is 11.7. The lowest BCUT2D eigenvalue weighted by Gasteiger charge is -2.08. The highest BCUT2D eigenvalue weighted by Crippen LogP contribution is 2.45. The highest BCUT2D eigenvalue weighted by Gasteiger charge is 2.22. The van der Waals surface area contributed by atoms with Crippen molar-refractivity contribution in [3.05, 3.63) is 79.2 Å². The summed E-state index contributed by atoms with van der Waals surface area (Å²) in [5.74, 6) is -0.469. The van der Waals surface area contributed by atoms with Crippen LogP contribution in [-0.4, -0.2) is 84.2 Å². The molecule has 0 aliphatic carbocycles. The lowest BCUT2D eigenvalue weighted by molar-refractivity contribution is -0.140. The van der Waals surface area contributed by atoms with Crippen LogP contribution in [0.2, 0.25) is 0 Å². The maximum absolute atomic E-state index is 10.8. The molecule has 0 spiro atoms. The second-order valence-corrected chi connectivity index (χ2v) is 13.8. The van der Waals surface area contributed by atoms with Gasteiger partial charge in [0, 0.05) is 23.4 Å². The molecule has 0 bridgehead atoms. The van der Waals surface area contributed by atoms with Crippen LogP contribution in [0.15, 0.2) is 73.6 Å². The molecule has 1 aromatic carbocycles. The van der Waals surface area contributed by atoms with Crippen LogP contribution in [0.3, 0.4) is 0 Å². The van der Waals surface area contributed by atoms with Crippen LogP contribution in [0.4, 0.5) is 0 Å². The van der Waals surface area contributed by atoms with Gasteiger partial charge < -0.3 is 33.2 Å². The summed E-state index contributed by atoms with van der Waals surface area (Å²) in [6, 6.07) is 8.54. The third kappa shape index (κ3) is 37.7. The molecule has 0 radical (unpaired) electrons. The zero-order valence-corrected chi connectivity index (χ0v) is 28.1. The van der Waals surface area contributed by atoms with Gasteiger partial charge in [0.1, 0.15) is 24.8 Å². The van der Waals surface area contributed by atoms with E-state index in [1.807, 2.05) is 0 Å². The minimum absolute atomic E-state index is 0.0334. The van der Waals surface area contributed by atoms with Gasteiger partial charge in [-0.25, -0.2) is 18.7 Å². The van der Waals surface area contributed by atoms with Gasteiger partial charge in [-0.3, -0.25) is 18.9 Å². The number of ether oxygens (including phenoxy) is 2. The summed E-state index contributed by atoms with van der Waals surface area (Å²) >= 11 is 0. The van der Waals surface area contributed by atoms with Gasteiger partial charge >= 0.3 is 43.1 Å². The normalized spacial score (nSPS) is 12.1. The van der Waals surface area contributed by atoms with Gasteiger partial charge in [-0.2, -0.15) is 14.7 Å². The molecule has 258 valence electrons. The van der Waals surface area contributed by atoms with E-state index in [1.54, 1.807) is 30.3 Å². The van der Waals surface area contributed by atoms with E-state index in [-0.39, 0.29) is 43.3 Å². The molecular weight excluding hydrogens is 688 g/mol. The van der Waals surface area contributed by atoms with Gasteiger partial charge in [-0.1, -0.05) is 56.6 Å². The number of phosphoric ester groups is 2. The lowest BCUT2D eigenvalue weighted by atomic mass is 10.2. The third-order valence-electron chi connectivity index (χ3n) is 3.49. The molecule has 1 aromatic rings. The molecule has 0 saturated heterocycles. The van der Waals surface area contributed by atoms with Crippen LogP contribution < -0.4 is 0 Å². The molecule has 22 heteroatoms. The van der Waals surface area contributed by atoms with Crippen LogP contribution in [-0.2, 0) is 46.3 Å². The third-order valence-corrected chi connectivity index (χ3v) is 5.62. The Bertz CT molecular complexity index is 1190. The Labute approximate surface area is 260 Å². The Balaban J connectivity index is -0.000000539. The van der Waals surface area contributed by atoms with E-state index in [0.717, 1.165) is 6.66 Å². The molecule has 0 aliphatic rings. The minimum atomic E-state index is -4.49. The number of hydrogen-bond acceptors (Lipinski definition) is 13. The molecule has 0 heterocycles. The topological polar surface area (TPSA) is 293 Å². The molecule has 1 rings (SSSR count). The van der Waals surface area contributed by atoms with Crippen molar-refractivity contribution in [3.63, 3.8) is 0 Å². The van der Waals surface area contributed by atoms with Crippen molar-refractivity contribution in [2.24, 2.45) is 0 Å².